The second-order valence-corrected chi connectivity index (χ2v) is 7.33. The van der Waals surface area contributed by atoms with E-state index in [0.29, 0.717) is 24.6 Å². The van der Waals surface area contributed by atoms with Crippen LogP contribution in [0, 0.1) is 0 Å². The summed E-state index contributed by atoms with van der Waals surface area (Å²) in [5.41, 5.74) is 3.54. The van der Waals surface area contributed by atoms with Gasteiger partial charge in [0.05, 0.1) is 0 Å². The molecule has 0 aliphatic carbocycles. The molecular weight excluding hydrogens is 392 g/mol. The van der Waals surface area contributed by atoms with Gasteiger partial charge >= 0.3 is 6.03 Å². The Balaban J connectivity index is 1.78. The fraction of sp³-hybridized carbons (Fsp3) is 0.348. The predicted molar refractivity (Wildman–Crippen MR) is 125 cm³/mol. The van der Waals surface area contributed by atoms with Crippen molar-refractivity contribution in [2.75, 3.05) is 26.0 Å². The summed E-state index contributed by atoms with van der Waals surface area (Å²) >= 11 is 0. The molecule has 0 bridgehead atoms. The maximum Gasteiger partial charge on any atom is 0.319 e. The number of rotatable bonds is 8. The van der Waals surface area contributed by atoms with Gasteiger partial charge in [0.25, 0.3) is 5.91 Å². The minimum absolute atomic E-state index is 0.0857. The Hall–Kier alpha value is -3.55. The quantitative estimate of drug-likeness (QED) is 0.331. The van der Waals surface area contributed by atoms with Crippen molar-refractivity contribution < 1.29 is 9.59 Å². The second kappa shape index (κ2) is 12.2. The smallest absolute Gasteiger partial charge is 0.319 e. The van der Waals surface area contributed by atoms with E-state index < -0.39 is 0 Å². The van der Waals surface area contributed by atoms with Gasteiger partial charge in [-0.15, -0.1) is 0 Å². The molecular formula is C23H32N6O2. The summed E-state index contributed by atoms with van der Waals surface area (Å²) in [5.74, 6) is 0.607. The van der Waals surface area contributed by atoms with Gasteiger partial charge in [-0.25, -0.2) is 4.79 Å². The number of anilines is 1. The number of nitrogens with one attached hydrogen (secondary N) is 5. The Labute approximate surface area is 183 Å². The normalized spacial score (nSPS) is 11.1. The summed E-state index contributed by atoms with van der Waals surface area (Å²) < 4.78 is 0. The first kappa shape index (κ1) is 23.7. The number of benzene rings is 2. The highest BCUT2D eigenvalue weighted by Crippen LogP contribution is 2.09. The number of carbonyl (C=O) groups is 2. The third-order valence-electron chi connectivity index (χ3n) is 4.44. The van der Waals surface area contributed by atoms with E-state index in [1.165, 1.54) is 0 Å². The van der Waals surface area contributed by atoms with Crippen LogP contribution in [0.2, 0.25) is 0 Å². The van der Waals surface area contributed by atoms with E-state index in [0.717, 1.165) is 23.2 Å². The zero-order chi connectivity index (χ0) is 22.6. The number of hydrogen-bond donors (Lipinski definition) is 5. The molecule has 8 nitrogen and oxygen atoms in total. The molecule has 2 aromatic rings. The van der Waals surface area contributed by atoms with E-state index in [-0.39, 0.29) is 18.0 Å². The highest BCUT2D eigenvalue weighted by Gasteiger charge is 2.05. The highest BCUT2D eigenvalue weighted by molar-refractivity contribution is 5.94. The molecule has 0 aliphatic heterocycles. The molecule has 0 radical (unpaired) electrons. The number of carbonyl (C=O) groups excluding carboxylic acids is 2. The monoisotopic (exact) mass is 424 g/mol. The number of hydrogen-bond acceptors (Lipinski definition) is 3. The van der Waals surface area contributed by atoms with Crippen LogP contribution < -0.4 is 26.6 Å². The average Bonchev–Trinajstić information content (AvgIpc) is 2.76. The van der Waals surface area contributed by atoms with E-state index >= 15 is 0 Å². The lowest BCUT2D eigenvalue weighted by Gasteiger charge is -2.13. The van der Waals surface area contributed by atoms with E-state index in [1.807, 2.05) is 56.3 Å². The van der Waals surface area contributed by atoms with E-state index in [2.05, 4.69) is 31.6 Å². The van der Waals surface area contributed by atoms with Gasteiger partial charge in [-0.2, -0.15) is 0 Å². The molecule has 5 N–H and O–H groups in total. The molecule has 31 heavy (non-hydrogen) atoms. The summed E-state index contributed by atoms with van der Waals surface area (Å²) in [7, 11) is 3.35. The van der Waals surface area contributed by atoms with Crippen molar-refractivity contribution in [1.29, 1.82) is 0 Å². The van der Waals surface area contributed by atoms with Crippen LogP contribution in [0.3, 0.4) is 0 Å². The van der Waals surface area contributed by atoms with Crippen molar-refractivity contribution >= 4 is 23.6 Å². The van der Waals surface area contributed by atoms with Crippen molar-refractivity contribution in [2.24, 2.45) is 4.99 Å². The minimum Gasteiger partial charge on any atom is -0.356 e. The molecule has 0 aliphatic rings. The first-order chi connectivity index (χ1) is 14.9. The maximum atomic E-state index is 11.8. The summed E-state index contributed by atoms with van der Waals surface area (Å²) in [4.78, 5) is 27.7. The van der Waals surface area contributed by atoms with Gasteiger partial charge in [0.2, 0.25) is 0 Å². The second-order valence-electron chi connectivity index (χ2n) is 7.33. The maximum absolute atomic E-state index is 11.8. The number of nitrogens with zero attached hydrogens (tertiary/aromatic N) is 1. The van der Waals surface area contributed by atoms with Gasteiger partial charge in [-0.3, -0.25) is 9.79 Å². The summed E-state index contributed by atoms with van der Waals surface area (Å²) in [6.07, 6.45) is 0.768. The van der Waals surface area contributed by atoms with Crippen LogP contribution in [0.4, 0.5) is 10.5 Å². The third-order valence-corrected chi connectivity index (χ3v) is 4.44. The molecule has 0 saturated carbocycles. The van der Waals surface area contributed by atoms with Gasteiger partial charge in [0, 0.05) is 44.5 Å². The Morgan fingerprint density at radius 1 is 1.00 bits per heavy atom. The molecule has 0 saturated heterocycles. The zero-order valence-electron chi connectivity index (χ0n) is 18.6. The van der Waals surface area contributed by atoms with Crippen LogP contribution in [-0.4, -0.2) is 44.6 Å². The minimum atomic E-state index is -0.216. The van der Waals surface area contributed by atoms with Crippen molar-refractivity contribution in [1.82, 2.24) is 21.3 Å². The van der Waals surface area contributed by atoms with Gasteiger partial charge < -0.3 is 26.6 Å². The van der Waals surface area contributed by atoms with Crippen molar-refractivity contribution in [2.45, 2.75) is 32.9 Å². The molecule has 0 heterocycles. The van der Waals surface area contributed by atoms with Crippen LogP contribution >= 0.6 is 0 Å². The number of guanidine groups is 1. The number of urea groups is 1. The fourth-order valence-corrected chi connectivity index (χ4v) is 2.88. The molecule has 166 valence electrons. The van der Waals surface area contributed by atoms with Crippen molar-refractivity contribution in [3.63, 3.8) is 0 Å². The SMILES string of the molecule is CN=C(NCCc1cccc(C(=O)NC)c1)NCc1ccc(NC(=O)NC(C)C)cc1. The molecule has 0 atom stereocenters. The highest BCUT2D eigenvalue weighted by atomic mass is 16.2. The van der Waals surface area contributed by atoms with Gasteiger partial charge in [0.1, 0.15) is 0 Å². The summed E-state index contributed by atoms with van der Waals surface area (Å²) in [6.45, 7) is 5.11. The molecule has 3 amide bonds. The van der Waals surface area contributed by atoms with Crippen LogP contribution in [-0.2, 0) is 13.0 Å². The van der Waals surface area contributed by atoms with Crippen LogP contribution in [0.15, 0.2) is 53.5 Å². The predicted octanol–water partition coefficient (Wildman–Crippen LogP) is 2.48. The fourth-order valence-electron chi connectivity index (χ4n) is 2.88. The zero-order valence-corrected chi connectivity index (χ0v) is 18.6. The molecule has 2 rings (SSSR count). The third kappa shape index (κ3) is 8.38. The Kier molecular flexibility index (Phi) is 9.35. The molecule has 8 heteroatoms. The van der Waals surface area contributed by atoms with Crippen LogP contribution in [0.25, 0.3) is 0 Å². The topological polar surface area (TPSA) is 107 Å². The van der Waals surface area contributed by atoms with Gasteiger partial charge in [-0.05, 0) is 55.7 Å². The van der Waals surface area contributed by atoms with Crippen molar-refractivity contribution in [3.8, 4) is 0 Å². The largest absolute Gasteiger partial charge is 0.356 e. The molecule has 0 fully saturated rings. The Bertz CT molecular complexity index is 893. The lowest BCUT2D eigenvalue weighted by molar-refractivity contribution is 0.0963. The molecule has 0 aromatic heterocycles. The van der Waals surface area contributed by atoms with Gasteiger partial charge in [-0.1, -0.05) is 24.3 Å². The first-order valence-corrected chi connectivity index (χ1v) is 10.3. The molecule has 0 spiro atoms. The lowest BCUT2D eigenvalue weighted by Crippen LogP contribution is -2.37. The molecule has 2 aromatic carbocycles. The summed E-state index contributed by atoms with van der Waals surface area (Å²) in [5, 5.41) is 14.8. The van der Waals surface area contributed by atoms with E-state index in [4.69, 9.17) is 0 Å². The van der Waals surface area contributed by atoms with Gasteiger partial charge in [0.15, 0.2) is 5.96 Å². The molecule has 0 unspecified atom stereocenters. The summed E-state index contributed by atoms with van der Waals surface area (Å²) in [6, 6.07) is 15.1. The average molecular weight is 425 g/mol. The first-order valence-electron chi connectivity index (χ1n) is 10.3. The van der Waals surface area contributed by atoms with E-state index in [1.54, 1.807) is 20.2 Å². The number of amides is 3. The van der Waals surface area contributed by atoms with E-state index in [9.17, 15) is 9.59 Å². The lowest BCUT2D eigenvalue weighted by atomic mass is 10.1. The van der Waals surface area contributed by atoms with Crippen LogP contribution in [0.1, 0.15) is 35.3 Å². The standard InChI is InChI=1S/C23H32N6O2/c1-16(2)28-23(31)29-20-10-8-18(9-11-20)15-27-22(25-4)26-13-12-17-6-5-7-19(14-17)21(30)24-3/h5-11,14,16H,12-13,15H2,1-4H3,(H,24,30)(H2,25,26,27)(H2,28,29,31). The Morgan fingerprint density at radius 3 is 2.39 bits per heavy atom. The van der Waals surface area contributed by atoms with Crippen LogP contribution in [0.5, 0.6) is 0 Å². The van der Waals surface area contributed by atoms with Crippen molar-refractivity contribution in [3.05, 3.63) is 65.2 Å². The Morgan fingerprint density at radius 2 is 1.74 bits per heavy atom. The number of aliphatic imine (C=N–C) groups is 1.